The summed E-state index contributed by atoms with van der Waals surface area (Å²) in [5.74, 6) is 0.435. The van der Waals surface area contributed by atoms with Crippen LogP contribution < -0.4 is 10.6 Å². The Balaban J connectivity index is 2.45. The molecule has 3 amide bonds. The van der Waals surface area contributed by atoms with Crippen LogP contribution in [0.15, 0.2) is 22.8 Å². The molecule has 0 bridgehead atoms. The number of carbonyl (C=O) groups excluding carboxylic acids is 2. The lowest BCUT2D eigenvalue weighted by Crippen LogP contribution is -2.48. The molecule has 0 aromatic carbocycles. The number of amides is 3. The Hall–Kier alpha value is -1.82. The Bertz CT molecular complexity index is 389. The second kappa shape index (κ2) is 6.80. The van der Waals surface area contributed by atoms with E-state index < -0.39 is 12.1 Å². The van der Waals surface area contributed by atoms with Crippen molar-refractivity contribution < 1.29 is 14.0 Å². The maximum atomic E-state index is 11.8. The van der Waals surface area contributed by atoms with Crippen molar-refractivity contribution in [3.8, 4) is 0 Å². The van der Waals surface area contributed by atoms with Gasteiger partial charge in [-0.2, -0.15) is 0 Å². The third-order valence-electron chi connectivity index (χ3n) is 2.60. The van der Waals surface area contributed by atoms with Crippen molar-refractivity contribution in [3.63, 3.8) is 0 Å². The van der Waals surface area contributed by atoms with Gasteiger partial charge in [-0.3, -0.25) is 15.0 Å². The zero-order valence-corrected chi connectivity index (χ0v) is 10.9. The van der Waals surface area contributed by atoms with Crippen LogP contribution in [0.4, 0.5) is 4.79 Å². The van der Waals surface area contributed by atoms with Crippen molar-refractivity contribution in [2.75, 3.05) is 13.6 Å². The Morgan fingerprint density at radius 2 is 2.22 bits per heavy atom. The van der Waals surface area contributed by atoms with Gasteiger partial charge in [0.1, 0.15) is 5.76 Å². The Kier molecular flexibility index (Phi) is 5.38. The average Bonchev–Trinajstić information content (AvgIpc) is 2.80. The average molecular weight is 253 g/mol. The molecule has 6 heteroatoms. The number of urea groups is 1. The van der Waals surface area contributed by atoms with E-state index >= 15 is 0 Å². The van der Waals surface area contributed by atoms with Crippen LogP contribution in [0.2, 0.25) is 0 Å². The summed E-state index contributed by atoms with van der Waals surface area (Å²) in [6.07, 6.45) is 1.59. The zero-order chi connectivity index (χ0) is 13.5. The van der Waals surface area contributed by atoms with Gasteiger partial charge in [0.15, 0.2) is 0 Å². The molecule has 0 fully saturated rings. The minimum atomic E-state index is -0.472. The Labute approximate surface area is 106 Å². The third kappa shape index (κ3) is 4.21. The van der Waals surface area contributed by atoms with Gasteiger partial charge in [-0.15, -0.1) is 0 Å². The highest BCUT2D eigenvalue weighted by molar-refractivity contribution is 5.96. The highest BCUT2D eigenvalue weighted by atomic mass is 16.3. The van der Waals surface area contributed by atoms with E-state index in [1.165, 1.54) is 0 Å². The largest absolute Gasteiger partial charge is 0.468 e. The van der Waals surface area contributed by atoms with E-state index in [2.05, 4.69) is 10.6 Å². The van der Waals surface area contributed by atoms with Crippen LogP contribution >= 0.6 is 0 Å². The second-order valence-electron chi connectivity index (χ2n) is 4.02. The first-order valence-corrected chi connectivity index (χ1v) is 5.86. The predicted molar refractivity (Wildman–Crippen MR) is 66.9 cm³/mol. The molecule has 1 atom stereocenters. The topological polar surface area (TPSA) is 74.6 Å². The quantitative estimate of drug-likeness (QED) is 0.819. The van der Waals surface area contributed by atoms with Gasteiger partial charge in [0, 0.05) is 6.54 Å². The maximum Gasteiger partial charge on any atom is 0.321 e. The molecule has 0 saturated carbocycles. The summed E-state index contributed by atoms with van der Waals surface area (Å²) >= 11 is 0. The van der Waals surface area contributed by atoms with Crippen molar-refractivity contribution in [2.45, 2.75) is 26.4 Å². The molecule has 0 spiro atoms. The molecule has 0 radical (unpaired) electrons. The second-order valence-corrected chi connectivity index (χ2v) is 4.02. The predicted octanol–water partition coefficient (Wildman–Crippen LogP) is 0.946. The summed E-state index contributed by atoms with van der Waals surface area (Å²) < 4.78 is 5.20. The maximum absolute atomic E-state index is 11.8. The van der Waals surface area contributed by atoms with Crippen molar-refractivity contribution in [1.29, 1.82) is 0 Å². The van der Waals surface area contributed by atoms with Crippen LogP contribution in [0.5, 0.6) is 0 Å². The number of furan rings is 1. The van der Waals surface area contributed by atoms with Gasteiger partial charge in [-0.25, -0.2) is 4.79 Å². The lowest BCUT2D eigenvalue weighted by molar-refractivity contribution is -0.124. The Morgan fingerprint density at radius 1 is 1.50 bits per heavy atom. The number of likely N-dealkylation sites (N-methyl/N-ethyl adjacent to an activating group) is 1. The first-order valence-electron chi connectivity index (χ1n) is 5.86. The fourth-order valence-corrected chi connectivity index (χ4v) is 1.41. The van der Waals surface area contributed by atoms with Gasteiger partial charge in [0.05, 0.1) is 18.8 Å². The van der Waals surface area contributed by atoms with Crippen molar-refractivity contribution in [3.05, 3.63) is 24.2 Å². The molecule has 0 saturated heterocycles. The molecule has 1 heterocycles. The molecule has 1 rings (SSSR count). The molecule has 0 aliphatic rings. The normalized spacial score (nSPS) is 12.2. The van der Waals surface area contributed by atoms with Crippen LogP contribution in [0.3, 0.4) is 0 Å². The van der Waals surface area contributed by atoms with E-state index in [1.807, 2.05) is 6.07 Å². The van der Waals surface area contributed by atoms with Crippen LogP contribution in [-0.2, 0) is 11.3 Å². The standard InChI is InChI=1S/C12H19N3O3/c1-4-13-12(17)14-11(16)9(2)15(3)8-10-6-5-7-18-10/h5-7,9H,4,8H2,1-3H3,(H2,13,14,16,17). The number of hydrogen-bond acceptors (Lipinski definition) is 4. The summed E-state index contributed by atoms with van der Waals surface area (Å²) in [6.45, 7) is 4.51. The SMILES string of the molecule is CCNC(=O)NC(=O)C(C)N(C)Cc1ccco1. The van der Waals surface area contributed by atoms with Gasteiger partial charge < -0.3 is 9.73 Å². The molecule has 1 aromatic rings. The molecule has 1 aromatic heterocycles. The first kappa shape index (κ1) is 14.2. The van der Waals surface area contributed by atoms with Crippen LogP contribution in [-0.4, -0.2) is 36.5 Å². The minimum absolute atomic E-state index is 0.338. The molecule has 6 nitrogen and oxygen atoms in total. The van der Waals surface area contributed by atoms with E-state index in [0.717, 1.165) is 5.76 Å². The summed E-state index contributed by atoms with van der Waals surface area (Å²) in [6, 6.07) is 2.74. The van der Waals surface area contributed by atoms with Crippen LogP contribution in [0.25, 0.3) is 0 Å². The number of nitrogens with zero attached hydrogens (tertiary/aromatic N) is 1. The summed E-state index contributed by atoms with van der Waals surface area (Å²) in [5, 5.41) is 4.79. The zero-order valence-electron chi connectivity index (χ0n) is 10.9. The van der Waals surface area contributed by atoms with Crippen molar-refractivity contribution in [1.82, 2.24) is 15.5 Å². The van der Waals surface area contributed by atoms with Crippen LogP contribution in [0, 0.1) is 0 Å². The fourth-order valence-electron chi connectivity index (χ4n) is 1.41. The number of nitrogens with one attached hydrogen (secondary N) is 2. The molecular weight excluding hydrogens is 234 g/mol. The molecule has 18 heavy (non-hydrogen) atoms. The van der Waals surface area contributed by atoms with E-state index in [-0.39, 0.29) is 5.91 Å². The molecular formula is C12H19N3O3. The van der Waals surface area contributed by atoms with Crippen molar-refractivity contribution >= 4 is 11.9 Å². The van der Waals surface area contributed by atoms with Gasteiger partial charge in [0.2, 0.25) is 5.91 Å². The third-order valence-corrected chi connectivity index (χ3v) is 2.60. The lowest BCUT2D eigenvalue weighted by Gasteiger charge is -2.22. The van der Waals surface area contributed by atoms with Gasteiger partial charge >= 0.3 is 6.03 Å². The number of carbonyl (C=O) groups is 2. The smallest absolute Gasteiger partial charge is 0.321 e. The highest BCUT2D eigenvalue weighted by Gasteiger charge is 2.20. The number of hydrogen-bond donors (Lipinski definition) is 2. The number of rotatable bonds is 5. The fraction of sp³-hybridized carbons (Fsp3) is 0.500. The molecule has 0 aliphatic heterocycles. The lowest BCUT2D eigenvalue weighted by atomic mass is 10.2. The molecule has 1 unspecified atom stereocenters. The van der Waals surface area contributed by atoms with E-state index in [0.29, 0.717) is 13.1 Å². The first-order chi connectivity index (χ1) is 8.54. The van der Waals surface area contributed by atoms with Crippen molar-refractivity contribution in [2.24, 2.45) is 0 Å². The minimum Gasteiger partial charge on any atom is -0.468 e. The van der Waals surface area contributed by atoms with Crippen LogP contribution in [0.1, 0.15) is 19.6 Å². The van der Waals surface area contributed by atoms with E-state index in [9.17, 15) is 9.59 Å². The summed E-state index contributed by atoms with van der Waals surface area (Å²) in [4.78, 5) is 24.8. The van der Waals surface area contributed by atoms with Gasteiger partial charge in [-0.05, 0) is 33.0 Å². The van der Waals surface area contributed by atoms with Gasteiger partial charge in [0.25, 0.3) is 0 Å². The Morgan fingerprint density at radius 3 is 2.78 bits per heavy atom. The number of imide groups is 1. The molecule has 0 aliphatic carbocycles. The van der Waals surface area contributed by atoms with E-state index in [1.54, 1.807) is 38.1 Å². The van der Waals surface area contributed by atoms with E-state index in [4.69, 9.17) is 4.42 Å². The monoisotopic (exact) mass is 253 g/mol. The van der Waals surface area contributed by atoms with Gasteiger partial charge in [-0.1, -0.05) is 0 Å². The molecule has 100 valence electrons. The summed E-state index contributed by atoms with van der Waals surface area (Å²) in [7, 11) is 1.80. The molecule has 2 N–H and O–H groups in total. The summed E-state index contributed by atoms with van der Waals surface area (Å²) in [5.41, 5.74) is 0. The highest BCUT2D eigenvalue weighted by Crippen LogP contribution is 2.06.